The number of nitrogens with one attached hydrogen (secondary N) is 1. The number of carbonyl (C=O) groups excluding carboxylic acids is 1. The number of hydrogen-bond acceptors (Lipinski definition) is 8. The van der Waals surface area contributed by atoms with Crippen LogP contribution in [0, 0.1) is 6.92 Å². The van der Waals surface area contributed by atoms with Crippen molar-refractivity contribution in [2.24, 2.45) is 0 Å². The molecule has 0 aromatic carbocycles. The molecular weight excluding hydrogens is 418 g/mol. The van der Waals surface area contributed by atoms with E-state index in [9.17, 15) is 18.0 Å². The van der Waals surface area contributed by atoms with Gasteiger partial charge in [0.15, 0.2) is 15.6 Å². The zero-order chi connectivity index (χ0) is 22.3. The third kappa shape index (κ3) is 3.95. The van der Waals surface area contributed by atoms with Crippen LogP contribution < -0.4 is 10.9 Å². The highest BCUT2D eigenvalue weighted by molar-refractivity contribution is 7.90. The molecule has 162 valence electrons. The summed E-state index contributed by atoms with van der Waals surface area (Å²) in [5.74, 6) is 0.334. The van der Waals surface area contributed by atoms with E-state index in [0.29, 0.717) is 22.4 Å². The first-order valence-electron chi connectivity index (χ1n) is 10.0. The van der Waals surface area contributed by atoms with Gasteiger partial charge in [-0.25, -0.2) is 18.4 Å². The number of fused-ring (bicyclic) bond motifs is 1. The van der Waals surface area contributed by atoms with E-state index in [2.05, 4.69) is 20.3 Å². The fraction of sp³-hybridized carbons (Fsp3) is 0.381. The van der Waals surface area contributed by atoms with Gasteiger partial charge in [0.05, 0.1) is 10.5 Å². The molecule has 4 rings (SSSR count). The molecule has 0 spiro atoms. The van der Waals surface area contributed by atoms with Gasteiger partial charge in [-0.2, -0.15) is 4.98 Å². The van der Waals surface area contributed by atoms with Crippen molar-refractivity contribution in [1.29, 1.82) is 0 Å². The van der Waals surface area contributed by atoms with Crippen LogP contribution in [0.3, 0.4) is 0 Å². The molecule has 0 aliphatic heterocycles. The number of ketones is 1. The van der Waals surface area contributed by atoms with E-state index < -0.39 is 9.84 Å². The third-order valence-electron chi connectivity index (χ3n) is 5.65. The average Bonchev–Trinajstić information content (AvgIpc) is 3.22. The molecule has 0 atom stereocenters. The largest absolute Gasteiger partial charge is 0.309 e. The maximum atomic E-state index is 13.2. The minimum atomic E-state index is -3.34. The van der Waals surface area contributed by atoms with Gasteiger partial charge in [0, 0.05) is 30.1 Å². The smallest absolute Gasteiger partial charge is 0.263 e. The molecule has 1 saturated carbocycles. The lowest BCUT2D eigenvalue weighted by atomic mass is 10.0. The minimum Gasteiger partial charge on any atom is -0.309 e. The lowest BCUT2D eigenvalue weighted by Gasteiger charge is -2.19. The second-order valence-electron chi connectivity index (χ2n) is 7.88. The molecule has 0 radical (unpaired) electrons. The summed E-state index contributed by atoms with van der Waals surface area (Å²) < 4.78 is 24.9. The molecule has 31 heavy (non-hydrogen) atoms. The number of carbonyl (C=O) groups is 1. The summed E-state index contributed by atoms with van der Waals surface area (Å²) in [5, 5.41) is 3.61. The van der Waals surface area contributed by atoms with Crippen LogP contribution >= 0.6 is 0 Å². The van der Waals surface area contributed by atoms with Crippen LogP contribution in [0.2, 0.25) is 0 Å². The molecule has 10 heteroatoms. The Morgan fingerprint density at radius 2 is 1.87 bits per heavy atom. The Bertz CT molecular complexity index is 1340. The summed E-state index contributed by atoms with van der Waals surface area (Å²) in [4.78, 5) is 38.5. The molecule has 0 bridgehead atoms. The molecular formula is C21H23N5O4S. The van der Waals surface area contributed by atoms with Gasteiger partial charge in [0.2, 0.25) is 5.95 Å². The normalized spacial score (nSPS) is 14.8. The van der Waals surface area contributed by atoms with Crippen molar-refractivity contribution < 1.29 is 13.2 Å². The van der Waals surface area contributed by atoms with Crippen LogP contribution in [0.4, 0.5) is 11.8 Å². The summed E-state index contributed by atoms with van der Waals surface area (Å²) in [6, 6.07) is 2.96. The third-order valence-corrected chi connectivity index (χ3v) is 6.75. The van der Waals surface area contributed by atoms with Crippen molar-refractivity contribution in [2.45, 2.75) is 50.5 Å². The predicted octanol–water partition coefficient (Wildman–Crippen LogP) is 2.96. The Hall–Kier alpha value is -3.14. The van der Waals surface area contributed by atoms with Gasteiger partial charge in [0.1, 0.15) is 11.5 Å². The van der Waals surface area contributed by atoms with Crippen LogP contribution in [-0.4, -0.2) is 40.0 Å². The summed E-state index contributed by atoms with van der Waals surface area (Å²) in [6.45, 7) is 3.14. The Balaban J connectivity index is 1.82. The van der Waals surface area contributed by atoms with Crippen molar-refractivity contribution in [3.05, 3.63) is 46.0 Å². The van der Waals surface area contributed by atoms with E-state index in [1.165, 1.54) is 25.3 Å². The average molecular weight is 442 g/mol. The van der Waals surface area contributed by atoms with Crippen molar-refractivity contribution in [1.82, 2.24) is 19.5 Å². The fourth-order valence-corrected chi connectivity index (χ4v) is 4.66. The molecule has 1 N–H and O–H groups in total. The number of aromatic nitrogens is 4. The van der Waals surface area contributed by atoms with Crippen molar-refractivity contribution in [2.75, 3.05) is 11.6 Å². The molecule has 3 aromatic heterocycles. The quantitative estimate of drug-likeness (QED) is 0.599. The molecule has 0 amide bonds. The first kappa shape index (κ1) is 21.1. The summed E-state index contributed by atoms with van der Waals surface area (Å²) >= 11 is 0. The molecule has 3 heterocycles. The number of rotatable bonds is 5. The topological polar surface area (TPSA) is 124 Å². The van der Waals surface area contributed by atoms with Crippen LogP contribution in [0.15, 0.2) is 34.2 Å². The SMILES string of the molecule is CC(=O)c1c(C)c2cnc(Nc3ccc(S(C)(=O)=O)cn3)nc2n(C2CCCC2)c1=O. The van der Waals surface area contributed by atoms with E-state index in [4.69, 9.17) is 0 Å². The molecule has 3 aromatic rings. The van der Waals surface area contributed by atoms with E-state index in [0.717, 1.165) is 31.9 Å². The second kappa shape index (κ2) is 7.84. The van der Waals surface area contributed by atoms with E-state index in [-0.39, 0.29) is 33.8 Å². The van der Waals surface area contributed by atoms with E-state index >= 15 is 0 Å². The first-order valence-corrected chi connectivity index (χ1v) is 11.9. The number of sulfone groups is 1. The van der Waals surface area contributed by atoms with E-state index in [1.807, 2.05) is 0 Å². The molecule has 1 aliphatic carbocycles. The lowest BCUT2D eigenvalue weighted by molar-refractivity contribution is 0.101. The van der Waals surface area contributed by atoms with Crippen molar-refractivity contribution >= 4 is 38.4 Å². The Morgan fingerprint density at radius 1 is 1.16 bits per heavy atom. The van der Waals surface area contributed by atoms with Crippen LogP contribution in [0.1, 0.15) is 54.6 Å². The molecule has 0 saturated heterocycles. The zero-order valence-electron chi connectivity index (χ0n) is 17.5. The highest BCUT2D eigenvalue weighted by Gasteiger charge is 2.25. The van der Waals surface area contributed by atoms with Gasteiger partial charge in [0.25, 0.3) is 5.56 Å². The van der Waals surface area contributed by atoms with Gasteiger partial charge in [-0.05, 0) is 44.4 Å². The zero-order valence-corrected chi connectivity index (χ0v) is 18.4. The van der Waals surface area contributed by atoms with Crippen LogP contribution in [-0.2, 0) is 9.84 Å². The second-order valence-corrected chi connectivity index (χ2v) is 9.89. The van der Waals surface area contributed by atoms with Crippen molar-refractivity contribution in [3.63, 3.8) is 0 Å². The number of Topliss-reactive ketones (excluding diaryl/α,β-unsaturated/α-hetero) is 1. The molecule has 1 aliphatic rings. The highest BCUT2D eigenvalue weighted by atomic mass is 32.2. The number of nitrogens with zero attached hydrogens (tertiary/aromatic N) is 4. The van der Waals surface area contributed by atoms with Crippen LogP contribution in [0.5, 0.6) is 0 Å². The molecule has 0 unspecified atom stereocenters. The maximum Gasteiger partial charge on any atom is 0.263 e. The number of anilines is 2. The number of aryl methyl sites for hydroxylation is 1. The van der Waals surface area contributed by atoms with Gasteiger partial charge in [-0.15, -0.1) is 0 Å². The Morgan fingerprint density at radius 3 is 2.45 bits per heavy atom. The fourth-order valence-electron chi connectivity index (χ4n) is 4.10. The van der Waals surface area contributed by atoms with Gasteiger partial charge in [-0.1, -0.05) is 12.8 Å². The molecule has 1 fully saturated rings. The van der Waals surface area contributed by atoms with Crippen LogP contribution in [0.25, 0.3) is 11.0 Å². The minimum absolute atomic E-state index is 0.0105. The van der Waals surface area contributed by atoms with E-state index in [1.54, 1.807) is 17.7 Å². The summed E-state index contributed by atoms with van der Waals surface area (Å²) in [7, 11) is -3.34. The highest BCUT2D eigenvalue weighted by Crippen LogP contribution is 2.32. The monoisotopic (exact) mass is 441 g/mol. The lowest BCUT2D eigenvalue weighted by Crippen LogP contribution is -2.30. The van der Waals surface area contributed by atoms with Gasteiger partial charge < -0.3 is 5.32 Å². The first-order chi connectivity index (χ1) is 14.7. The molecule has 9 nitrogen and oxygen atoms in total. The number of pyridine rings is 2. The Kier molecular flexibility index (Phi) is 5.34. The summed E-state index contributed by atoms with van der Waals surface area (Å²) in [5.41, 5.74) is 0.917. The predicted molar refractivity (Wildman–Crippen MR) is 117 cm³/mol. The Labute approximate surface area is 179 Å². The maximum absolute atomic E-state index is 13.2. The standard InChI is InChI=1S/C21H23N5O4S/c1-12-16-11-23-21(24-17-9-8-15(10-22-17)31(3,29)30)25-19(16)26(14-6-4-5-7-14)20(28)18(12)13(2)27/h8-11,14H,4-7H2,1-3H3,(H,22,23,24,25). The van der Waals surface area contributed by atoms with Gasteiger partial charge in [-0.3, -0.25) is 14.2 Å². The summed E-state index contributed by atoms with van der Waals surface area (Å²) in [6.07, 6.45) is 7.73. The van der Waals surface area contributed by atoms with Gasteiger partial charge >= 0.3 is 0 Å². The number of hydrogen-bond donors (Lipinski definition) is 1. The van der Waals surface area contributed by atoms with Crippen molar-refractivity contribution in [3.8, 4) is 0 Å².